The molecule has 3 aromatic rings. The van der Waals surface area contributed by atoms with Gasteiger partial charge in [0.2, 0.25) is 5.91 Å². The molecule has 23 heavy (non-hydrogen) atoms. The van der Waals surface area contributed by atoms with Crippen molar-refractivity contribution < 1.29 is 4.79 Å². The van der Waals surface area contributed by atoms with Crippen molar-refractivity contribution in [1.82, 2.24) is 19.9 Å². The molecule has 0 spiro atoms. The highest BCUT2D eigenvalue weighted by molar-refractivity contribution is 5.78. The third kappa shape index (κ3) is 3.26. The molecule has 0 bridgehead atoms. The molecule has 1 amide bonds. The minimum absolute atomic E-state index is 0.0682. The predicted molar refractivity (Wildman–Crippen MR) is 86.8 cm³/mol. The summed E-state index contributed by atoms with van der Waals surface area (Å²) in [6.45, 7) is 1.83. The number of pyridine rings is 1. The number of aromatic nitrogens is 3. The lowest BCUT2D eigenvalue weighted by Crippen LogP contribution is -2.34. The Morgan fingerprint density at radius 3 is 2.83 bits per heavy atom. The molecule has 1 N–H and O–H groups in total. The number of fused-ring (bicyclic) bond motifs is 1. The minimum atomic E-state index is -0.250. The summed E-state index contributed by atoms with van der Waals surface area (Å²) in [5.74, 6) is -0.237. The number of nitrogens with zero attached hydrogens (tertiary/aromatic N) is 3. The van der Waals surface area contributed by atoms with E-state index in [1.165, 1.54) is 23.3 Å². The summed E-state index contributed by atoms with van der Waals surface area (Å²) >= 11 is 0. The summed E-state index contributed by atoms with van der Waals surface area (Å²) in [6, 6.07) is 11.1. The number of carbonyl (C=O) groups is 1. The number of rotatable bonds is 4. The molecule has 6 heteroatoms. The SMILES string of the molecule is C[C@@H](NC(=O)Cn1cnc2cnccc2c1=O)c1ccccc1. The van der Waals surface area contributed by atoms with Crippen LogP contribution in [0.25, 0.3) is 10.9 Å². The van der Waals surface area contributed by atoms with E-state index in [0.717, 1.165) is 5.56 Å². The first-order chi connectivity index (χ1) is 11.1. The maximum Gasteiger partial charge on any atom is 0.261 e. The van der Waals surface area contributed by atoms with Gasteiger partial charge in [-0.25, -0.2) is 4.98 Å². The third-order valence-corrected chi connectivity index (χ3v) is 3.62. The van der Waals surface area contributed by atoms with Crippen LogP contribution >= 0.6 is 0 Å². The summed E-state index contributed by atoms with van der Waals surface area (Å²) in [7, 11) is 0. The van der Waals surface area contributed by atoms with Crippen LogP contribution in [-0.2, 0) is 11.3 Å². The molecule has 0 unspecified atom stereocenters. The summed E-state index contributed by atoms with van der Waals surface area (Å²) in [6.07, 6.45) is 4.44. The fourth-order valence-corrected chi connectivity index (χ4v) is 2.39. The first-order valence-corrected chi connectivity index (χ1v) is 7.28. The van der Waals surface area contributed by atoms with Crippen molar-refractivity contribution in [3.8, 4) is 0 Å². The Labute approximate surface area is 132 Å². The first kappa shape index (κ1) is 14.9. The van der Waals surface area contributed by atoms with E-state index in [9.17, 15) is 9.59 Å². The monoisotopic (exact) mass is 308 g/mol. The molecule has 0 aliphatic heterocycles. The molecule has 116 valence electrons. The molecule has 0 radical (unpaired) electrons. The van der Waals surface area contributed by atoms with E-state index < -0.39 is 0 Å². The van der Waals surface area contributed by atoms with E-state index in [-0.39, 0.29) is 24.1 Å². The quantitative estimate of drug-likeness (QED) is 0.795. The van der Waals surface area contributed by atoms with Crippen molar-refractivity contribution in [2.45, 2.75) is 19.5 Å². The van der Waals surface area contributed by atoms with Crippen LogP contribution in [0, 0.1) is 0 Å². The van der Waals surface area contributed by atoms with E-state index >= 15 is 0 Å². The Morgan fingerprint density at radius 1 is 1.26 bits per heavy atom. The summed E-state index contributed by atoms with van der Waals surface area (Å²) in [5, 5.41) is 3.33. The van der Waals surface area contributed by atoms with Gasteiger partial charge in [-0.15, -0.1) is 0 Å². The van der Waals surface area contributed by atoms with Gasteiger partial charge in [-0.1, -0.05) is 30.3 Å². The van der Waals surface area contributed by atoms with Crippen LogP contribution in [-0.4, -0.2) is 20.4 Å². The van der Waals surface area contributed by atoms with E-state index in [1.54, 1.807) is 6.07 Å². The highest BCUT2D eigenvalue weighted by Gasteiger charge is 2.11. The summed E-state index contributed by atoms with van der Waals surface area (Å²) < 4.78 is 1.30. The second-order valence-electron chi connectivity index (χ2n) is 5.27. The van der Waals surface area contributed by atoms with Crippen LogP contribution < -0.4 is 10.9 Å². The normalized spacial score (nSPS) is 12.0. The molecule has 1 aromatic carbocycles. The van der Waals surface area contributed by atoms with Gasteiger partial charge in [0.1, 0.15) is 6.54 Å². The number of nitrogens with one attached hydrogen (secondary N) is 1. The van der Waals surface area contributed by atoms with Crippen LogP contribution in [0.2, 0.25) is 0 Å². The highest BCUT2D eigenvalue weighted by atomic mass is 16.2. The first-order valence-electron chi connectivity index (χ1n) is 7.28. The van der Waals surface area contributed by atoms with Gasteiger partial charge in [-0.2, -0.15) is 0 Å². The van der Waals surface area contributed by atoms with Gasteiger partial charge in [-0.05, 0) is 18.6 Å². The van der Waals surface area contributed by atoms with Crippen molar-refractivity contribution in [2.24, 2.45) is 0 Å². The van der Waals surface area contributed by atoms with E-state index in [4.69, 9.17) is 0 Å². The number of amides is 1. The van der Waals surface area contributed by atoms with Gasteiger partial charge in [0.15, 0.2) is 0 Å². The second kappa shape index (κ2) is 6.39. The smallest absolute Gasteiger partial charge is 0.261 e. The number of hydrogen-bond acceptors (Lipinski definition) is 4. The molecule has 0 saturated carbocycles. The van der Waals surface area contributed by atoms with Gasteiger partial charge in [0.05, 0.1) is 29.5 Å². The molecule has 0 aliphatic rings. The van der Waals surface area contributed by atoms with Crippen LogP contribution in [0.5, 0.6) is 0 Å². The molecular weight excluding hydrogens is 292 g/mol. The number of carbonyl (C=O) groups excluding carboxylic acids is 1. The maximum absolute atomic E-state index is 12.3. The van der Waals surface area contributed by atoms with Crippen molar-refractivity contribution in [2.75, 3.05) is 0 Å². The van der Waals surface area contributed by atoms with Crippen LogP contribution in [0.4, 0.5) is 0 Å². The lowest BCUT2D eigenvalue weighted by Gasteiger charge is -2.14. The number of hydrogen-bond donors (Lipinski definition) is 1. The van der Waals surface area contributed by atoms with Crippen LogP contribution in [0.15, 0.2) is 59.9 Å². The zero-order chi connectivity index (χ0) is 16.2. The Balaban J connectivity index is 1.76. The Bertz CT molecular complexity index is 890. The maximum atomic E-state index is 12.3. The minimum Gasteiger partial charge on any atom is -0.348 e. The molecule has 0 fully saturated rings. The van der Waals surface area contributed by atoms with E-state index in [1.807, 2.05) is 37.3 Å². The van der Waals surface area contributed by atoms with E-state index in [0.29, 0.717) is 10.9 Å². The zero-order valence-corrected chi connectivity index (χ0v) is 12.6. The largest absolute Gasteiger partial charge is 0.348 e. The average Bonchev–Trinajstić information content (AvgIpc) is 2.58. The zero-order valence-electron chi connectivity index (χ0n) is 12.6. The van der Waals surface area contributed by atoms with E-state index in [2.05, 4.69) is 15.3 Å². The number of benzene rings is 1. The molecule has 3 rings (SSSR count). The Hall–Kier alpha value is -3.02. The van der Waals surface area contributed by atoms with Crippen molar-refractivity contribution in [3.05, 3.63) is 71.0 Å². The van der Waals surface area contributed by atoms with Crippen LogP contribution in [0.1, 0.15) is 18.5 Å². The van der Waals surface area contributed by atoms with Gasteiger partial charge < -0.3 is 5.32 Å². The van der Waals surface area contributed by atoms with Crippen molar-refractivity contribution in [1.29, 1.82) is 0 Å². The van der Waals surface area contributed by atoms with Crippen LogP contribution in [0.3, 0.4) is 0 Å². The van der Waals surface area contributed by atoms with Gasteiger partial charge in [0, 0.05) is 6.20 Å². The third-order valence-electron chi connectivity index (χ3n) is 3.62. The fraction of sp³-hybridized carbons (Fsp3) is 0.176. The molecule has 0 saturated heterocycles. The summed E-state index contributed by atoms with van der Waals surface area (Å²) in [5.41, 5.74) is 1.28. The molecule has 2 aromatic heterocycles. The molecule has 2 heterocycles. The molecule has 1 atom stereocenters. The highest BCUT2D eigenvalue weighted by Crippen LogP contribution is 2.10. The predicted octanol–water partition coefficient (Wildman–Crippen LogP) is 1.67. The van der Waals surface area contributed by atoms with Gasteiger partial charge >= 0.3 is 0 Å². The lowest BCUT2D eigenvalue weighted by molar-refractivity contribution is -0.122. The average molecular weight is 308 g/mol. The molecule has 0 aliphatic carbocycles. The molecule has 6 nitrogen and oxygen atoms in total. The Kier molecular flexibility index (Phi) is 4.14. The van der Waals surface area contributed by atoms with Gasteiger partial charge in [-0.3, -0.25) is 19.1 Å². The lowest BCUT2D eigenvalue weighted by atomic mass is 10.1. The van der Waals surface area contributed by atoms with Crippen molar-refractivity contribution >= 4 is 16.8 Å². The topological polar surface area (TPSA) is 76.9 Å². The van der Waals surface area contributed by atoms with Gasteiger partial charge in [0.25, 0.3) is 5.56 Å². The summed E-state index contributed by atoms with van der Waals surface area (Å²) in [4.78, 5) is 32.6. The fourth-order valence-electron chi connectivity index (χ4n) is 2.39. The standard InChI is InChI=1S/C17H16N4O2/c1-12(13-5-3-2-4-6-13)20-16(22)10-21-11-19-15-9-18-8-7-14(15)17(21)23/h2-9,11-12H,10H2,1H3,(H,20,22)/t12-/m1/s1. The van der Waals surface area contributed by atoms with Crippen molar-refractivity contribution in [3.63, 3.8) is 0 Å². The second-order valence-corrected chi connectivity index (χ2v) is 5.27. The molecular formula is C17H16N4O2. The Morgan fingerprint density at radius 2 is 2.04 bits per heavy atom.